The van der Waals surface area contributed by atoms with Gasteiger partial charge in [-0.25, -0.2) is 0 Å². The molecule has 0 saturated heterocycles. The topological polar surface area (TPSA) is 55.1 Å². The fraction of sp³-hybridized carbons (Fsp3) is 0.250. The van der Waals surface area contributed by atoms with Gasteiger partial charge < -0.3 is 11.1 Å². The zero-order valence-corrected chi connectivity index (χ0v) is 9.65. The molecule has 84 valence electrons. The maximum Gasteiger partial charge on any atom is 0.231 e. The van der Waals surface area contributed by atoms with E-state index in [1.165, 1.54) is 0 Å². The van der Waals surface area contributed by atoms with E-state index in [2.05, 4.69) is 17.9 Å². The normalized spacial score (nSPS) is 28.4. The highest BCUT2D eigenvalue weighted by Crippen LogP contribution is 2.35. The van der Waals surface area contributed by atoms with E-state index in [0.717, 1.165) is 5.56 Å². The maximum absolute atomic E-state index is 11.8. The Balaban J connectivity index is 2.52. The Morgan fingerprint density at radius 3 is 2.69 bits per heavy atom. The van der Waals surface area contributed by atoms with Gasteiger partial charge in [-0.1, -0.05) is 36.4 Å². The molecule has 1 heterocycles. The predicted molar refractivity (Wildman–Crippen MR) is 67.0 cm³/mol. The number of rotatable bonds is 2. The van der Waals surface area contributed by atoms with Crippen LogP contribution < -0.4 is 11.1 Å². The molecule has 0 aromatic heterocycles. The summed E-state index contributed by atoms with van der Waals surface area (Å²) >= 11 is 4.43. The first-order valence-corrected chi connectivity index (χ1v) is 5.64. The lowest BCUT2D eigenvalue weighted by Crippen LogP contribution is -2.54. The van der Waals surface area contributed by atoms with E-state index in [4.69, 9.17) is 5.73 Å². The summed E-state index contributed by atoms with van der Waals surface area (Å²) in [6.45, 7) is 0. The zero-order valence-electron chi connectivity index (χ0n) is 8.76. The second kappa shape index (κ2) is 4.22. The summed E-state index contributed by atoms with van der Waals surface area (Å²) in [4.78, 5) is 11.8. The lowest BCUT2D eigenvalue weighted by Gasteiger charge is -2.37. The second-order valence-corrected chi connectivity index (χ2v) is 4.39. The van der Waals surface area contributed by atoms with Crippen molar-refractivity contribution < 1.29 is 4.79 Å². The van der Waals surface area contributed by atoms with Gasteiger partial charge in [-0.15, -0.1) is 0 Å². The lowest BCUT2D eigenvalue weighted by atomic mass is 9.75. The van der Waals surface area contributed by atoms with E-state index < -0.39 is 5.41 Å². The van der Waals surface area contributed by atoms with Crippen LogP contribution in [0.3, 0.4) is 0 Å². The van der Waals surface area contributed by atoms with Crippen molar-refractivity contribution in [2.75, 3.05) is 0 Å². The summed E-state index contributed by atoms with van der Waals surface area (Å²) in [5.74, 6) is -0.351. The Morgan fingerprint density at radius 2 is 2.12 bits per heavy atom. The Kier molecular flexibility index (Phi) is 2.92. The number of nitrogens with one attached hydrogen (secondary N) is 1. The van der Waals surface area contributed by atoms with Crippen molar-refractivity contribution in [1.82, 2.24) is 5.32 Å². The first-order valence-electron chi connectivity index (χ1n) is 5.12. The standard InChI is InChI=1S/C12H14N2OS/c13-10(15)12(7-4-8-14-11(12)16)9-5-2-1-3-6-9/h1-6,8,11,14,16H,7H2,(H2,13,15). The van der Waals surface area contributed by atoms with E-state index in [9.17, 15) is 4.79 Å². The van der Waals surface area contributed by atoms with Crippen molar-refractivity contribution in [3.8, 4) is 0 Å². The number of hydrogen-bond donors (Lipinski definition) is 3. The largest absolute Gasteiger partial charge is 0.378 e. The molecule has 0 spiro atoms. The molecule has 1 amide bonds. The van der Waals surface area contributed by atoms with Crippen LogP contribution >= 0.6 is 12.6 Å². The molecule has 1 aliphatic heterocycles. The molecular formula is C12H14N2OS. The van der Waals surface area contributed by atoms with E-state index in [1.807, 2.05) is 42.6 Å². The fourth-order valence-electron chi connectivity index (χ4n) is 2.05. The molecule has 1 aromatic rings. The van der Waals surface area contributed by atoms with E-state index in [1.54, 1.807) is 0 Å². The van der Waals surface area contributed by atoms with Crippen molar-refractivity contribution in [3.05, 3.63) is 48.2 Å². The van der Waals surface area contributed by atoms with Gasteiger partial charge in [-0.05, 0) is 18.2 Å². The molecule has 0 bridgehead atoms. The van der Waals surface area contributed by atoms with Crippen LogP contribution in [0.2, 0.25) is 0 Å². The Bertz CT molecular complexity index is 418. The molecule has 2 unspecified atom stereocenters. The average Bonchev–Trinajstić information content (AvgIpc) is 2.30. The molecule has 16 heavy (non-hydrogen) atoms. The molecule has 3 N–H and O–H groups in total. The first-order chi connectivity index (χ1) is 7.68. The highest BCUT2D eigenvalue weighted by Gasteiger charge is 2.44. The van der Waals surface area contributed by atoms with Crippen LogP contribution in [0.4, 0.5) is 0 Å². The highest BCUT2D eigenvalue weighted by molar-refractivity contribution is 7.81. The molecular weight excluding hydrogens is 220 g/mol. The van der Waals surface area contributed by atoms with E-state index in [-0.39, 0.29) is 11.3 Å². The first kappa shape index (κ1) is 11.1. The highest BCUT2D eigenvalue weighted by atomic mass is 32.1. The number of nitrogens with two attached hydrogens (primary N) is 1. The lowest BCUT2D eigenvalue weighted by molar-refractivity contribution is -0.123. The van der Waals surface area contributed by atoms with Crippen LogP contribution in [0, 0.1) is 0 Å². The monoisotopic (exact) mass is 234 g/mol. The number of thiol groups is 1. The van der Waals surface area contributed by atoms with Crippen molar-refractivity contribution in [2.24, 2.45) is 5.73 Å². The number of carbonyl (C=O) groups excluding carboxylic acids is 1. The number of allylic oxidation sites excluding steroid dienone is 1. The summed E-state index contributed by atoms with van der Waals surface area (Å²) in [5.41, 5.74) is 5.70. The molecule has 1 aliphatic rings. The number of amides is 1. The van der Waals surface area contributed by atoms with Crippen LogP contribution in [0.1, 0.15) is 12.0 Å². The van der Waals surface area contributed by atoms with Crippen molar-refractivity contribution in [1.29, 1.82) is 0 Å². The maximum atomic E-state index is 11.8. The molecule has 2 atom stereocenters. The van der Waals surface area contributed by atoms with Gasteiger partial charge in [0.15, 0.2) is 0 Å². The molecule has 3 nitrogen and oxygen atoms in total. The Labute approximate surface area is 100 Å². The van der Waals surface area contributed by atoms with Crippen molar-refractivity contribution in [3.63, 3.8) is 0 Å². The molecule has 4 heteroatoms. The molecule has 1 aromatic carbocycles. The Hall–Kier alpha value is -1.42. The van der Waals surface area contributed by atoms with Gasteiger partial charge in [0.05, 0.1) is 5.37 Å². The van der Waals surface area contributed by atoms with Gasteiger partial charge >= 0.3 is 0 Å². The van der Waals surface area contributed by atoms with Crippen LogP contribution in [0.15, 0.2) is 42.6 Å². The smallest absolute Gasteiger partial charge is 0.231 e. The second-order valence-electron chi connectivity index (χ2n) is 3.88. The third-order valence-corrected chi connectivity index (χ3v) is 3.60. The minimum atomic E-state index is -0.765. The Morgan fingerprint density at radius 1 is 1.44 bits per heavy atom. The number of primary amides is 1. The summed E-state index contributed by atoms with van der Waals surface area (Å²) in [7, 11) is 0. The van der Waals surface area contributed by atoms with Gasteiger partial charge in [0, 0.05) is 0 Å². The SMILES string of the molecule is NC(=O)C1(c2ccccc2)CC=CNC1S. The average molecular weight is 234 g/mol. The zero-order chi connectivity index (χ0) is 11.6. The van der Waals surface area contributed by atoms with Crippen molar-refractivity contribution in [2.45, 2.75) is 17.2 Å². The predicted octanol–water partition coefficient (Wildman–Crippen LogP) is 1.17. The van der Waals surface area contributed by atoms with Gasteiger partial charge in [-0.2, -0.15) is 12.6 Å². The van der Waals surface area contributed by atoms with E-state index >= 15 is 0 Å². The third-order valence-electron chi connectivity index (χ3n) is 3.01. The summed E-state index contributed by atoms with van der Waals surface area (Å²) in [6.07, 6.45) is 4.29. The summed E-state index contributed by atoms with van der Waals surface area (Å²) in [6, 6.07) is 9.54. The minimum absolute atomic E-state index is 0.294. The molecule has 2 rings (SSSR count). The van der Waals surface area contributed by atoms with Gasteiger partial charge in [-0.3, -0.25) is 4.79 Å². The van der Waals surface area contributed by atoms with Gasteiger partial charge in [0.2, 0.25) is 5.91 Å². The third kappa shape index (κ3) is 1.59. The van der Waals surface area contributed by atoms with Crippen molar-refractivity contribution >= 4 is 18.5 Å². The van der Waals surface area contributed by atoms with Crippen LogP contribution in [0.25, 0.3) is 0 Å². The minimum Gasteiger partial charge on any atom is -0.378 e. The summed E-state index contributed by atoms with van der Waals surface area (Å²) < 4.78 is 0. The van der Waals surface area contributed by atoms with Crippen LogP contribution in [-0.2, 0) is 10.2 Å². The van der Waals surface area contributed by atoms with Crippen LogP contribution in [-0.4, -0.2) is 11.3 Å². The summed E-state index contributed by atoms with van der Waals surface area (Å²) in [5, 5.41) is 2.74. The number of carbonyl (C=O) groups is 1. The van der Waals surface area contributed by atoms with E-state index in [0.29, 0.717) is 6.42 Å². The number of benzene rings is 1. The molecule has 0 fully saturated rings. The van der Waals surface area contributed by atoms with Gasteiger partial charge in [0.25, 0.3) is 0 Å². The fourth-order valence-corrected chi connectivity index (χ4v) is 2.51. The molecule has 0 aliphatic carbocycles. The molecule has 0 saturated carbocycles. The van der Waals surface area contributed by atoms with Gasteiger partial charge in [0.1, 0.15) is 5.41 Å². The number of hydrogen-bond acceptors (Lipinski definition) is 3. The van der Waals surface area contributed by atoms with Crippen LogP contribution in [0.5, 0.6) is 0 Å². The quantitative estimate of drug-likeness (QED) is 0.673. The molecule has 0 radical (unpaired) electrons.